The molecule has 4 heteroatoms. The van der Waals surface area contributed by atoms with Gasteiger partial charge in [-0.1, -0.05) is 13.3 Å². The van der Waals surface area contributed by atoms with E-state index in [2.05, 4.69) is 11.9 Å². The lowest BCUT2D eigenvalue weighted by Crippen LogP contribution is -2.36. The number of pyridine rings is 1. The van der Waals surface area contributed by atoms with Crippen molar-refractivity contribution in [3.8, 4) is 0 Å². The maximum atomic E-state index is 12.2. The fraction of sp³-hybridized carbons (Fsp3) is 0.538. The number of carbonyl (C=O) groups is 1. The number of unbranched alkanes of at least 4 members (excludes halogenated alkanes) is 1. The molecule has 0 aromatic carbocycles. The van der Waals surface area contributed by atoms with Crippen molar-refractivity contribution in [1.29, 1.82) is 0 Å². The third-order valence-electron chi connectivity index (χ3n) is 2.59. The number of aromatic nitrogens is 1. The van der Waals surface area contributed by atoms with Gasteiger partial charge in [-0.15, -0.1) is 0 Å². The third kappa shape index (κ3) is 4.15. The van der Waals surface area contributed by atoms with Crippen molar-refractivity contribution in [2.45, 2.75) is 26.7 Å². The Bertz CT molecular complexity index is 365. The summed E-state index contributed by atoms with van der Waals surface area (Å²) in [4.78, 5) is 18.1. The van der Waals surface area contributed by atoms with Gasteiger partial charge >= 0.3 is 0 Å². The SMILES string of the molecule is CCCCN(CCN)C(=O)c1cncc(C)c1. The molecule has 0 radical (unpaired) electrons. The zero-order valence-electron chi connectivity index (χ0n) is 10.6. The first-order chi connectivity index (χ1) is 8.19. The van der Waals surface area contributed by atoms with Gasteiger partial charge in [0.05, 0.1) is 5.56 Å². The number of hydrogen-bond acceptors (Lipinski definition) is 3. The summed E-state index contributed by atoms with van der Waals surface area (Å²) in [5.41, 5.74) is 7.18. The Balaban J connectivity index is 2.76. The second-order valence-electron chi connectivity index (χ2n) is 4.19. The summed E-state index contributed by atoms with van der Waals surface area (Å²) in [6.07, 6.45) is 5.44. The predicted molar refractivity (Wildman–Crippen MR) is 68.8 cm³/mol. The van der Waals surface area contributed by atoms with Crippen molar-refractivity contribution in [2.24, 2.45) is 5.73 Å². The first kappa shape index (κ1) is 13.6. The molecule has 0 saturated carbocycles. The number of carbonyl (C=O) groups excluding carboxylic acids is 1. The summed E-state index contributed by atoms with van der Waals surface area (Å²) in [6, 6.07) is 1.87. The van der Waals surface area contributed by atoms with Crippen LogP contribution < -0.4 is 5.73 Å². The van der Waals surface area contributed by atoms with Crippen LogP contribution in [-0.2, 0) is 0 Å². The summed E-state index contributed by atoms with van der Waals surface area (Å²) in [5, 5.41) is 0. The van der Waals surface area contributed by atoms with E-state index in [1.54, 1.807) is 17.3 Å². The van der Waals surface area contributed by atoms with E-state index in [4.69, 9.17) is 5.73 Å². The standard InChI is InChI=1S/C13H21N3O/c1-3-4-6-16(7-5-14)13(17)12-8-11(2)9-15-10-12/h8-10H,3-7,14H2,1-2H3. The first-order valence-corrected chi connectivity index (χ1v) is 6.10. The Morgan fingerprint density at radius 1 is 1.41 bits per heavy atom. The van der Waals surface area contributed by atoms with E-state index in [1.807, 2.05) is 13.0 Å². The zero-order chi connectivity index (χ0) is 12.7. The van der Waals surface area contributed by atoms with Gasteiger partial charge in [0, 0.05) is 32.0 Å². The summed E-state index contributed by atoms with van der Waals surface area (Å²) in [6.45, 7) is 5.91. The lowest BCUT2D eigenvalue weighted by molar-refractivity contribution is 0.0757. The van der Waals surface area contributed by atoms with Crippen molar-refractivity contribution in [3.63, 3.8) is 0 Å². The molecule has 2 N–H and O–H groups in total. The molecule has 94 valence electrons. The van der Waals surface area contributed by atoms with Gasteiger partial charge in [-0.3, -0.25) is 9.78 Å². The smallest absolute Gasteiger partial charge is 0.255 e. The topological polar surface area (TPSA) is 59.2 Å². The molecule has 17 heavy (non-hydrogen) atoms. The fourth-order valence-electron chi connectivity index (χ4n) is 1.67. The molecule has 0 fully saturated rings. The molecule has 4 nitrogen and oxygen atoms in total. The van der Waals surface area contributed by atoms with Gasteiger partial charge in [0.2, 0.25) is 0 Å². The highest BCUT2D eigenvalue weighted by Gasteiger charge is 2.14. The number of rotatable bonds is 6. The van der Waals surface area contributed by atoms with E-state index in [1.165, 1.54) is 0 Å². The normalized spacial score (nSPS) is 10.3. The molecule has 0 unspecified atom stereocenters. The van der Waals surface area contributed by atoms with Gasteiger partial charge in [-0.2, -0.15) is 0 Å². The highest BCUT2D eigenvalue weighted by molar-refractivity contribution is 5.94. The fourth-order valence-corrected chi connectivity index (χ4v) is 1.67. The minimum absolute atomic E-state index is 0.0279. The Hall–Kier alpha value is -1.42. The molecule has 0 bridgehead atoms. The molecule has 0 atom stereocenters. The van der Waals surface area contributed by atoms with E-state index in [0.29, 0.717) is 18.7 Å². The Kier molecular flexibility index (Phi) is 5.63. The zero-order valence-corrected chi connectivity index (χ0v) is 10.6. The molecule has 0 aliphatic rings. The van der Waals surface area contributed by atoms with Gasteiger partial charge in [0.1, 0.15) is 0 Å². The molecule has 0 aliphatic carbocycles. The maximum absolute atomic E-state index is 12.2. The van der Waals surface area contributed by atoms with Crippen molar-refractivity contribution in [2.75, 3.05) is 19.6 Å². The highest BCUT2D eigenvalue weighted by atomic mass is 16.2. The summed E-state index contributed by atoms with van der Waals surface area (Å²) >= 11 is 0. The van der Waals surface area contributed by atoms with Crippen LogP contribution in [0.2, 0.25) is 0 Å². The minimum atomic E-state index is 0.0279. The number of amides is 1. The van der Waals surface area contributed by atoms with E-state index in [-0.39, 0.29) is 5.91 Å². The largest absolute Gasteiger partial charge is 0.337 e. The molecule has 1 rings (SSSR count). The molecule has 0 aliphatic heterocycles. The average molecular weight is 235 g/mol. The number of nitrogens with zero attached hydrogens (tertiary/aromatic N) is 2. The second kappa shape index (κ2) is 7.01. The van der Waals surface area contributed by atoms with Gasteiger partial charge in [-0.05, 0) is 25.0 Å². The van der Waals surface area contributed by atoms with E-state index < -0.39 is 0 Å². The van der Waals surface area contributed by atoms with Gasteiger partial charge in [0.25, 0.3) is 5.91 Å². The lowest BCUT2D eigenvalue weighted by Gasteiger charge is -2.21. The van der Waals surface area contributed by atoms with E-state index >= 15 is 0 Å². The maximum Gasteiger partial charge on any atom is 0.255 e. The highest BCUT2D eigenvalue weighted by Crippen LogP contribution is 2.07. The molecule has 0 spiro atoms. The molecule has 0 saturated heterocycles. The lowest BCUT2D eigenvalue weighted by atomic mass is 10.2. The second-order valence-corrected chi connectivity index (χ2v) is 4.19. The van der Waals surface area contributed by atoms with Gasteiger partial charge in [0.15, 0.2) is 0 Å². The Morgan fingerprint density at radius 3 is 2.76 bits per heavy atom. The van der Waals surface area contributed by atoms with Crippen molar-refractivity contribution < 1.29 is 4.79 Å². The summed E-state index contributed by atoms with van der Waals surface area (Å²) in [5.74, 6) is 0.0279. The number of hydrogen-bond donors (Lipinski definition) is 1. The molecule has 1 heterocycles. The average Bonchev–Trinajstić information content (AvgIpc) is 2.33. The summed E-state index contributed by atoms with van der Waals surface area (Å²) in [7, 11) is 0. The summed E-state index contributed by atoms with van der Waals surface area (Å²) < 4.78 is 0. The van der Waals surface area contributed by atoms with Crippen LogP contribution in [0.3, 0.4) is 0 Å². The van der Waals surface area contributed by atoms with Gasteiger partial charge < -0.3 is 10.6 Å². The number of nitrogens with two attached hydrogens (primary N) is 1. The van der Waals surface area contributed by atoms with Crippen molar-refractivity contribution in [1.82, 2.24) is 9.88 Å². The van der Waals surface area contributed by atoms with E-state index in [9.17, 15) is 4.79 Å². The van der Waals surface area contributed by atoms with Crippen LogP contribution in [0.15, 0.2) is 18.5 Å². The van der Waals surface area contributed by atoms with Crippen molar-refractivity contribution >= 4 is 5.91 Å². The predicted octanol–water partition coefficient (Wildman–Crippen LogP) is 1.59. The molecular weight excluding hydrogens is 214 g/mol. The molecule has 1 aromatic heterocycles. The molecule has 1 amide bonds. The first-order valence-electron chi connectivity index (χ1n) is 6.10. The van der Waals surface area contributed by atoms with Crippen LogP contribution in [0.4, 0.5) is 0 Å². The van der Waals surface area contributed by atoms with E-state index in [0.717, 1.165) is 24.9 Å². The van der Waals surface area contributed by atoms with Crippen LogP contribution in [-0.4, -0.2) is 35.4 Å². The molecule has 1 aromatic rings. The van der Waals surface area contributed by atoms with Crippen LogP contribution in [0.1, 0.15) is 35.7 Å². The van der Waals surface area contributed by atoms with Crippen molar-refractivity contribution in [3.05, 3.63) is 29.6 Å². The minimum Gasteiger partial charge on any atom is -0.337 e. The van der Waals surface area contributed by atoms with Crippen LogP contribution in [0.5, 0.6) is 0 Å². The number of aryl methyl sites for hydroxylation is 1. The molecular formula is C13H21N3O. The Morgan fingerprint density at radius 2 is 2.18 bits per heavy atom. The third-order valence-corrected chi connectivity index (χ3v) is 2.59. The Labute approximate surface area is 103 Å². The van der Waals surface area contributed by atoms with Crippen LogP contribution in [0.25, 0.3) is 0 Å². The quantitative estimate of drug-likeness (QED) is 0.814. The van der Waals surface area contributed by atoms with Crippen LogP contribution >= 0.6 is 0 Å². The monoisotopic (exact) mass is 235 g/mol. The van der Waals surface area contributed by atoms with Gasteiger partial charge in [-0.25, -0.2) is 0 Å². The van der Waals surface area contributed by atoms with Crippen LogP contribution in [0, 0.1) is 6.92 Å².